The zero-order chi connectivity index (χ0) is 21.8. The van der Waals surface area contributed by atoms with Gasteiger partial charge in [-0.1, -0.05) is 5.92 Å². The van der Waals surface area contributed by atoms with Gasteiger partial charge in [0.25, 0.3) is 0 Å². The highest BCUT2D eigenvalue weighted by molar-refractivity contribution is 7.96. The standard InChI is InChI=1S/C19H23N5O4S2/c1-21-30(27,28)17-5-3-16(4-6-17)24-12-10-23(11-13-24)9-2-14-29(25,26)18-7-8-19(20)22-15-18/h3-8,15,21H,9-13H2,1H3,(H2,20,22). The molecule has 0 saturated carbocycles. The van der Waals surface area contributed by atoms with Crippen LogP contribution in [-0.2, 0) is 19.9 Å². The minimum atomic E-state index is -3.72. The van der Waals surface area contributed by atoms with Crippen LogP contribution in [0.15, 0.2) is 52.4 Å². The van der Waals surface area contributed by atoms with Crippen LogP contribution in [0.4, 0.5) is 11.5 Å². The van der Waals surface area contributed by atoms with Crippen molar-refractivity contribution in [1.82, 2.24) is 14.6 Å². The Bertz CT molecular complexity index is 1140. The molecule has 0 spiro atoms. The molecule has 0 amide bonds. The number of aromatic nitrogens is 1. The van der Waals surface area contributed by atoms with Crippen molar-refractivity contribution in [2.24, 2.45) is 0 Å². The molecule has 0 atom stereocenters. The maximum atomic E-state index is 12.2. The topological polar surface area (TPSA) is 126 Å². The summed E-state index contributed by atoms with van der Waals surface area (Å²) >= 11 is 0. The highest BCUT2D eigenvalue weighted by atomic mass is 32.2. The Labute approximate surface area is 176 Å². The molecule has 9 nitrogen and oxygen atoms in total. The second kappa shape index (κ2) is 9.01. The van der Waals surface area contributed by atoms with Crippen molar-refractivity contribution in [1.29, 1.82) is 0 Å². The monoisotopic (exact) mass is 449 g/mol. The first-order valence-corrected chi connectivity index (χ1v) is 12.1. The fraction of sp³-hybridized carbons (Fsp3) is 0.316. The number of anilines is 2. The fourth-order valence-electron chi connectivity index (χ4n) is 2.97. The Kier molecular flexibility index (Phi) is 6.62. The van der Waals surface area contributed by atoms with E-state index in [0.29, 0.717) is 19.6 Å². The van der Waals surface area contributed by atoms with Crippen molar-refractivity contribution in [3.8, 4) is 11.2 Å². The molecule has 1 aromatic carbocycles. The first-order chi connectivity index (χ1) is 14.2. The lowest BCUT2D eigenvalue weighted by molar-refractivity contribution is 0.288. The molecule has 0 aliphatic carbocycles. The number of nitrogens with two attached hydrogens (primary N) is 1. The number of hydrogen-bond donors (Lipinski definition) is 2. The highest BCUT2D eigenvalue weighted by Gasteiger charge is 2.18. The lowest BCUT2D eigenvalue weighted by Crippen LogP contribution is -2.46. The van der Waals surface area contributed by atoms with Gasteiger partial charge < -0.3 is 10.6 Å². The minimum Gasteiger partial charge on any atom is -0.384 e. The molecule has 3 rings (SSSR count). The molecule has 1 fully saturated rings. The van der Waals surface area contributed by atoms with E-state index in [1.54, 1.807) is 24.3 Å². The molecule has 0 bridgehead atoms. The summed E-state index contributed by atoms with van der Waals surface area (Å²) in [7, 11) is -5.79. The van der Waals surface area contributed by atoms with Crippen LogP contribution in [0.2, 0.25) is 0 Å². The number of hydrogen-bond acceptors (Lipinski definition) is 8. The molecular formula is C19H23N5O4S2. The lowest BCUT2D eigenvalue weighted by atomic mass is 10.2. The lowest BCUT2D eigenvalue weighted by Gasteiger charge is -2.35. The van der Waals surface area contributed by atoms with Crippen LogP contribution in [0.5, 0.6) is 0 Å². The second-order valence-electron chi connectivity index (χ2n) is 6.67. The van der Waals surface area contributed by atoms with E-state index in [4.69, 9.17) is 5.73 Å². The Morgan fingerprint density at radius 3 is 2.20 bits per heavy atom. The van der Waals surface area contributed by atoms with Crippen molar-refractivity contribution < 1.29 is 16.8 Å². The van der Waals surface area contributed by atoms with E-state index in [1.807, 2.05) is 0 Å². The summed E-state index contributed by atoms with van der Waals surface area (Å²) in [5.41, 5.74) is 6.41. The van der Waals surface area contributed by atoms with Gasteiger partial charge in [-0.25, -0.2) is 26.5 Å². The maximum Gasteiger partial charge on any atom is 0.246 e. The SMILES string of the molecule is CNS(=O)(=O)c1ccc(N2CCN(CC#CS(=O)(=O)c3ccc(N)nc3)CC2)cc1. The van der Waals surface area contributed by atoms with Gasteiger partial charge in [0.05, 0.1) is 16.3 Å². The third kappa shape index (κ3) is 5.28. The van der Waals surface area contributed by atoms with Gasteiger partial charge in [0.1, 0.15) is 5.82 Å². The van der Waals surface area contributed by atoms with Crippen LogP contribution >= 0.6 is 0 Å². The Balaban J connectivity index is 1.55. The van der Waals surface area contributed by atoms with Gasteiger partial charge in [0.2, 0.25) is 19.9 Å². The first kappa shape index (κ1) is 22.0. The average molecular weight is 450 g/mol. The Morgan fingerprint density at radius 2 is 1.63 bits per heavy atom. The molecular weight excluding hydrogens is 426 g/mol. The van der Waals surface area contributed by atoms with E-state index in [2.05, 4.69) is 30.7 Å². The summed E-state index contributed by atoms with van der Waals surface area (Å²) in [5.74, 6) is 2.98. The average Bonchev–Trinajstić information content (AvgIpc) is 2.74. The largest absolute Gasteiger partial charge is 0.384 e. The molecule has 2 heterocycles. The molecule has 1 aliphatic heterocycles. The summed E-state index contributed by atoms with van der Waals surface area (Å²) in [6.45, 7) is 3.24. The van der Waals surface area contributed by atoms with E-state index in [-0.39, 0.29) is 15.6 Å². The fourth-order valence-corrected chi connectivity index (χ4v) is 4.51. The summed E-state index contributed by atoms with van der Waals surface area (Å²) in [6.07, 6.45) is 1.20. The van der Waals surface area contributed by atoms with Gasteiger partial charge in [0, 0.05) is 43.3 Å². The van der Waals surface area contributed by atoms with Crippen LogP contribution in [0.1, 0.15) is 0 Å². The molecule has 11 heteroatoms. The smallest absolute Gasteiger partial charge is 0.246 e. The zero-order valence-corrected chi connectivity index (χ0v) is 18.1. The van der Waals surface area contributed by atoms with Crippen LogP contribution in [0, 0.1) is 11.2 Å². The normalized spacial score (nSPS) is 15.4. The number of benzene rings is 1. The molecule has 1 aromatic heterocycles. The van der Waals surface area contributed by atoms with Crippen molar-refractivity contribution >= 4 is 31.4 Å². The molecule has 2 aromatic rings. The van der Waals surface area contributed by atoms with E-state index in [0.717, 1.165) is 18.8 Å². The van der Waals surface area contributed by atoms with Gasteiger partial charge in [0.15, 0.2) is 0 Å². The molecule has 0 unspecified atom stereocenters. The molecule has 30 heavy (non-hydrogen) atoms. The summed E-state index contributed by atoms with van der Waals surface area (Å²) < 4.78 is 50.3. The van der Waals surface area contributed by atoms with Crippen LogP contribution in [-0.4, -0.2) is 66.5 Å². The molecule has 0 radical (unpaired) electrons. The predicted molar refractivity (Wildman–Crippen MR) is 115 cm³/mol. The van der Waals surface area contributed by atoms with E-state index >= 15 is 0 Å². The predicted octanol–water partition coefficient (Wildman–Crippen LogP) is 0.129. The minimum absolute atomic E-state index is 0.0257. The molecule has 160 valence electrons. The Morgan fingerprint density at radius 1 is 1.00 bits per heavy atom. The number of nitrogens with one attached hydrogen (secondary N) is 1. The number of nitrogens with zero attached hydrogens (tertiary/aromatic N) is 3. The number of nitrogen functional groups attached to an aromatic ring is 1. The van der Waals surface area contributed by atoms with E-state index in [9.17, 15) is 16.8 Å². The first-order valence-electron chi connectivity index (χ1n) is 9.18. The molecule has 3 N–H and O–H groups in total. The second-order valence-corrected chi connectivity index (χ2v) is 10.2. The van der Waals surface area contributed by atoms with Crippen LogP contribution in [0.3, 0.4) is 0 Å². The number of sulfone groups is 1. The highest BCUT2D eigenvalue weighted by Crippen LogP contribution is 2.19. The molecule has 1 aliphatic rings. The third-order valence-corrected chi connectivity index (χ3v) is 7.44. The van der Waals surface area contributed by atoms with Gasteiger partial charge in [-0.3, -0.25) is 4.90 Å². The van der Waals surface area contributed by atoms with Crippen molar-refractivity contribution in [3.63, 3.8) is 0 Å². The maximum absolute atomic E-state index is 12.2. The van der Waals surface area contributed by atoms with E-state index in [1.165, 1.54) is 25.4 Å². The van der Waals surface area contributed by atoms with Gasteiger partial charge in [-0.15, -0.1) is 0 Å². The summed E-state index contributed by atoms with van der Waals surface area (Å²) in [6, 6.07) is 9.54. The number of pyridine rings is 1. The van der Waals surface area contributed by atoms with Crippen LogP contribution in [0.25, 0.3) is 0 Å². The van der Waals surface area contributed by atoms with Crippen LogP contribution < -0.4 is 15.4 Å². The van der Waals surface area contributed by atoms with E-state index < -0.39 is 19.9 Å². The van der Waals surface area contributed by atoms with Crippen molar-refractivity contribution in [3.05, 3.63) is 42.6 Å². The van der Waals surface area contributed by atoms with Crippen molar-refractivity contribution in [2.75, 3.05) is 50.4 Å². The molecule has 1 saturated heterocycles. The quantitative estimate of drug-likeness (QED) is 0.487. The number of rotatable bonds is 5. The third-order valence-electron chi connectivity index (χ3n) is 4.73. The van der Waals surface area contributed by atoms with Gasteiger partial charge >= 0.3 is 0 Å². The van der Waals surface area contributed by atoms with Gasteiger partial charge in [-0.2, -0.15) is 0 Å². The summed E-state index contributed by atoms with van der Waals surface area (Å²) in [4.78, 5) is 8.25. The Hall–Kier alpha value is -2.65. The zero-order valence-electron chi connectivity index (χ0n) is 16.4. The number of sulfonamides is 1. The summed E-state index contributed by atoms with van der Waals surface area (Å²) in [5, 5.41) is 2.33. The van der Waals surface area contributed by atoms with Gasteiger partial charge in [-0.05, 0) is 43.4 Å². The number of piperazine rings is 1. The van der Waals surface area contributed by atoms with Crippen molar-refractivity contribution in [2.45, 2.75) is 9.79 Å².